The van der Waals surface area contributed by atoms with Gasteiger partial charge >= 0.3 is 0 Å². The molecule has 2 N–H and O–H groups in total. The zero-order chi connectivity index (χ0) is 7.11. The van der Waals surface area contributed by atoms with Crippen LogP contribution in [-0.2, 0) is 0 Å². The van der Waals surface area contributed by atoms with E-state index in [1.165, 1.54) is 0 Å². The third-order valence-corrected chi connectivity index (χ3v) is 0.947. The van der Waals surface area contributed by atoms with Gasteiger partial charge in [-0.3, -0.25) is 0 Å². The molecule has 0 heterocycles. The van der Waals surface area contributed by atoms with E-state index < -0.39 is 0 Å². The van der Waals surface area contributed by atoms with Gasteiger partial charge < -0.3 is 5.84 Å². The summed E-state index contributed by atoms with van der Waals surface area (Å²) in [4.78, 5) is 3.79. The molecule has 0 unspecified atom stereocenters. The minimum absolute atomic E-state index is 0.688. The summed E-state index contributed by atoms with van der Waals surface area (Å²) < 4.78 is 0. The molecule has 0 atom stereocenters. The van der Waals surface area contributed by atoms with Gasteiger partial charge in [0.2, 0.25) is 0 Å². The highest BCUT2D eigenvalue weighted by Gasteiger charge is 1.88. The highest BCUT2D eigenvalue weighted by Crippen LogP contribution is 1.97. The van der Waals surface area contributed by atoms with Gasteiger partial charge in [-0.2, -0.15) is 0 Å². The van der Waals surface area contributed by atoms with Gasteiger partial charge in [0.1, 0.15) is 6.01 Å². The second-order valence-electron chi connectivity index (χ2n) is 2.29. The van der Waals surface area contributed by atoms with Gasteiger partial charge in [-0.15, -0.1) is 5.10 Å². The lowest BCUT2D eigenvalue weighted by molar-refractivity contribution is 0.598. The second kappa shape index (κ2) is 5.32. The van der Waals surface area contributed by atoms with Gasteiger partial charge in [-0.1, -0.05) is 13.8 Å². The quantitative estimate of drug-likeness (QED) is 0.344. The Kier molecular flexibility index (Phi) is 4.83. The van der Waals surface area contributed by atoms with Crippen molar-refractivity contribution in [3.8, 4) is 0 Å². The molecule has 3 nitrogen and oxygen atoms in total. The Morgan fingerprint density at radius 3 is 2.67 bits per heavy atom. The van der Waals surface area contributed by atoms with Crippen molar-refractivity contribution in [1.29, 1.82) is 0 Å². The van der Waals surface area contributed by atoms with Crippen LogP contribution < -0.4 is 5.84 Å². The lowest BCUT2D eigenvalue weighted by Gasteiger charge is -1.96. The fourth-order valence-corrected chi connectivity index (χ4v) is 0.414. The summed E-state index contributed by atoms with van der Waals surface area (Å²) >= 11 is 0. The van der Waals surface area contributed by atoms with Crippen LogP contribution in [0.15, 0.2) is 10.1 Å². The maximum absolute atomic E-state index is 4.77. The van der Waals surface area contributed by atoms with Crippen LogP contribution in [0.4, 0.5) is 0 Å². The first-order valence-electron chi connectivity index (χ1n) is 3.08. The first-order chi connectivity index (χ1) is 4.27. The van der Waals surface area contributed by atoms with Crippen LogP contribution in [0.3, 0.4) is 0 Å². The third kappa shape index (κ3) is 7.18. The van der Waals surface area contributed by atoms with Crippen LogP contribution in [0.5, 0.6) is 0 Å². The number of aliphatic imine (C=N–C) groups is 1. The number of rotatable bonds is 3. The maximum atomic E-state index is 4.77. The SMILES string of the molecule is CC(C)CCN=C=NN. The van der Waals surface area contributed by atoms with Gasteiger partial charge in [0.05, 0.1) is 6.54 Å². The monoisotopic (exact) mass is 127 g/mol. The minimum Gasteiger partial charge on any atom is -0.314 e. The van der Waals surface area contributed by atoms with Crippen molar-refractivity contribution >= 4 is 6.01 Å². The summed E-state index contributed by atoms with van der Waals surface area (Å²) in [6, 6.07) is 2.33. The first-order valence-corrected chi connectivity index (χ1v) is 3.08. The molecule has 0 radical (unpaired) electrons. The molecular weight excluding hydrogens is 114 g/mol. The molecule has 0 aromatic carbocycles. The van der Waals surface area contributed by atoms with Gasteiger partial charge in [0.15, 0.2) is 0 Å². The van der Waals surface area contributed by atoms with E-state index in [9.17, 15) is 0 Å². The molecule has 0 saturated carbocycles. The normalized spacial score (nSPS) is 8.78. The van der Waals surface area contributed by atoms with Gasteiger partial charge in [0, 0.05) is 0 Å². The van der Waals surface area contributed by atoms with E-state index in [-0.39, 0.29) is 0 Å². The van der Waals surface area contributed by atoms with Crippen LogP contribution in [-0.4, -0.2) is 12.6 Å². The van der Waals surface area contributed by atoms with Crippen molar-refractivity contribution in [2.45, 2.75) is 20.3 Å². The number of nitrogens with zero attached hydrogens (tertiary/aromatic N) is 2. The summed E-state index contributed by atoms with van der Waals surface area (Å²) in [6.45, 7) is 5.07. The molecule has 0 spiro atoms. The third-order valence-electron chi connectivity index (χ3n) is 0.947. The molecule has 0 aliphatic carbocycles. The van der Waals surface area contributed by atoms with Crippen molar-refractivity contribution in [3.05, 3.63) is 0 Å². The Morgan fingerprint density at radius 2 is 2.22 bits per heavy atom. The van der Waals surface area contributed by atoms with E-state index in [0.29, 0.717) is 5.92 Å². The van der Waals surface area contributed by atoms with Gasteiger partial charge in [-0.25, -0.2) is 4.99 Å². The molecule has 0 fully saturated rings. The van der Waals surface area contributed by atoms with Crippen LogP contribution in [0.1, 0.15) is 20.3 Å². The van der Waals surface area contributed by atoms with E-state index in [1.54, 1.807) is 0 Å². The van der Waals surface area contributed by atoms with Crippen LogP contribution in [0.25, 0.3) is 0 Å². The Labute approximate surface area is 55.7 Å². The standard InChI is InChI=1S/C6H13N3/c1-6(2)3-4-8-5-9-7/h6H,3-4,7H2,1-2H3. The minimum atomic E-state index is 0.688. The van der Waals surface area contributed by atoms with Gasteiger partial charge in [0.25, 0.3) is 0 Å². The predicted octanol–water partition coefficient (Wildman–Crippen LogP) is 1.08. The van der Waals surface area contributed by atoms with E-state index in [4.69, 9.17) is 5.84 Å². The number of hydrogen-bond donors (Lipinski definition) is 1. The van der Waals surface area contributed by atoms with Crippen molar-refractivity contribution in [1.82, 2.24) is 0 Å². The Bertz CT molecular complexity index is 111. The second-order valence-corrected chi connectivity index (χ2v) is 2.29. The fourth-order valence-electron chi connectivity index (χ4n) is 0.414. The fraction of sp³-hybridized carbons (Fsp3) is 0.833. The molecule has 0 amide bonds. The molecule has 0 aromatic heterocycles. The number of hydrogen-bond acceptors (Lipinski definition) is 3. The largest absolute Gasteiger partial charge is 0.314 e. The smallest absolute Gasteiger partial charge is 0.114 e. The van der Waals surface area contributed by atoms with Crippen LogP contribution >= 0.6 is 0 Å². The molecule has 0 rings (SSSR count). The topological polar surface area (TPSA) is 50.7 Å². The summed E-state index contributed by atoms with van der Waals surface area (Å²) in [5.74, 6) is 5.45. The van der Waals surface area contributed by atoms with E-state index in [2.05, 4.69) is 29.9 Å². The molecule has 0 aliphatic rings. The average Bonchev–Trinajstić information content (AvgIpc) is 1.80. The molecule has 0 saturated heterocycles. The molecule has 9 heavy (non-hydrogen) atoms. The van der Waals surface area contributed by atoms with Crippen molar-refractivity contribution in [3.63, 3.8) is 0 Å². The summed E-state index contributed by atoms with van der Waals surface area (Å²) in [7, 11) is 0. The lowest BCUT2D eigenvalue weighted by atomic mass is 10.1. The Morgan fingerprint density at radius 1 is 1.56 bits per heavy atom. The number of nitrogens with two attached hydrogens (primary N) is 1. The van der Waals surface area contributed by atoms with E-state index in [0.717, 1.165) is 13.0 Å². The average molecular weight is 127 g/mol. The molecule has 0 bridgehead atoms. The first kappa shape index (κ1) is 8.18. The summed E-state index contributed by atoms with van der Waals surface area (Å²) in [6.07, 6.45) is 1.07. The maximum Gasteiger partial charge on any atom is 0.114 e. The van der Waals surface area contributed by atoms with Crippen molar-refractivity contribution in [2.24, 2.45) is 21.9 Å². The van der Waals surface area contributed by atoms with Crippen molar-refractivity contribution in [2.75, 3.05) is 6.54 Å². The molecular formula is C6H13N3. The summed E-state index contributed by atoms with van der Waals surface area (Å²) in [5.41, 5.74) is 0. The predicted molar refractivity (Wildman–Crippen MR) is 38.4 cm³/mol. The van der Waals surface area contributed by atoms with Crippen molar-refractivity contribution < 1.29 is 0 Å². The molecule has 0 aliphatic heterocycles. The lowest BCUT2D eigenvalue weighted by Crippen LogP contribution is -1.89. The Hall–Kier alpha value is -0.820. The Balaban J connectivity index is 3.20. The zero-order valence-corrected chi connectivity index (χ0v) is 5.96. The molecule has 0 aromatic rings. The van der Waals surface area contributed by atoms with Gasteiger partial charge in [-0.05, 0) is 12.3 Å². The zero-order valence-electron chi connectivity index (χ0n) is 5.96. The summed E-state index contributed by atoms with van der Waals surface area (Å²) in [5, 5.41) is 3.12. The molecule has 52 valence electrons. The number of hydrazone groups is 1. The van der Waals surface area contributed by atoms with E-state index >= 15 is 0 Å². The van der Waals surface area contributed by atoms with Crippen LogP contribution in [0.2, 0.25) is 0 Å². The molecule has 3 heteroatoms. The van der Waals surface area contributed by atoms with Crippen LogP contribution in [0, 0.1) is 5.92 Å². The van der Waals surface area contributed by atoms with E-state index in [1.807, 2.05) is 0 Å². The highest BCUT2D eigenvalue weighted by molar-refractivity contribution is 5.40. The highest BCUT2D eigenvalue weighted by atomic mass is 15.1.